The van der Waals surface area contributed by atoms with Gasteiger partial charge >= 0.3 is 11.9 Å². The Hall–Kier alpha value is -2.62. The minimum Gasteiger partial charge on any atom is -0.468 e. The van der Waals surface area contributed by atoms with E-state index in [1.807, 2.05) is 56.3 Å². The van der Waals surface area contributed by atoms with Crippen LogP contribution in [0.3, 0.4) is 0 Å². The van der Waals surface area contributed by atoms with Gasteiger partial charge in [-0.15, -0.1) is 0 Å². The molecule has 1 aliphatic carbocycles. The molecule has 0 saturated heterocycles. The van der Waals surface area contributed by atoms with Crippen LogP contribution in [0.15, 0.2) is 48.5 Å². The Morgan fingerprint density at radius 2 is 1.73 bits per heavy atom. The van der Waals surface area contributed by atoms with Crippen molar-refractivity contribution in [3.63, 3.8) is 0 Å². The van der Waals surface area contributed by atoms with Gasteiger partial charge in [0.2, 0.25) is 0 Å². The smallest absolute Gasteiger partial charge is 0.338 e. The summed E-state index contributed by atoms with van der Waals surface area (Å²) in [7, 11) is 1.39. The molecule has 4 nitrogen and oxygen atoms in total. The maximum absolute atomic E-state index is 12.8. The fourth-order valence-electron chi connectivity index (χ4n) is 3.84. The number of ether oxygens (including phenoxy) is 2. The summed E-state index contributed by atoms with van der Waals surface area (Å²) in [6, 6.07) is 15.1. The number of hydrogen-bond donors (Lipinski definition) is 0. The summed E-state index contributed by atoms with van der Waals surface area (Å²) >= 11 is 0. The zero-order valence-corrected chi connectivity index (χ0v) is 15.5. The molecule has 0 aromatic heterocycles. The van der Waals surface area contributed by atoms with Gasteiger partial charge in [0.25, 0.3) is 0 Å². The highest BCUT2D eigenvalue weighted by Crippen LogP contribution is 2.44. The van der Waals surface area contributed by atoms with Crippen LogP contribution in [-0.2, 0) is 19.7 Å². The highest BCUT2D eigenvalue weighted by Gasteiger charge is 2.53. The molecule has 26 heavy (non-hydrogen) atoms. The van der Waals surface area contributed by atoms with E-state index in [1.165, 1.54) is 7.11 Å². The van der Waals surface area contributed by atoms with Gasteiger partial charge < -0.3 is 9.47 Å². The van der Waals surface area contributed by atoms with E-state index in [4.69, 9.17) is 9.47 Å². The molecule has 1 saturated carbocycles. The first-order chi connectivity index (χ1) is 12.5. The largest absolute Gasteiger partial charge is 0.468 e. The van der Waals surface area contributed by atoms with Gasteiger partial charge in [-0.2, -0.15) is 0 Å². The lowest BCUT2D eigenvalue weighted by molar-refractivity contribution is -0.151. The van der Waals surface area contributed by atoms with Crippen molar-refractivity contribution in [3.05, 3.63) is 70.8 Å². The van der Waals surface area contributed by atoms with Gasteiger partial charge in [0.05, 0.1) is 12.7 Å². The standard InChI is InChI=1S/C22H24O4/c1-15-10-12-17(13-11-15)22(21(24)25-3)14-6-9-19(22)26-20(23)18-8-5-4-7-16(18)2/h4-5,7-8,10-13,19H,6,9,14H2,1-3H3. The molecule has 0 aliphatic heterocycles. The van der Waals surface area contributed by atoms with Gasteiger partial charge in [-0.25, -0.2) is 4.79 Å². The van der Waals surface area contributed by atoms with Crippen molar-refractivity contribution in [2.45, 2.75) is 44.6 Å². The average molecular weight is 352 g/mol. The maximum Gasteiger partial charge on any atom is 0.338 e. The van der Waals surface area contributed by atoms with Crippen LogP contribution in [0.2, 0.25) is 0 Å². The number of esters is 2. The first kappa shape index (κ1) is 18.2. The van der Waals surface area contributed by atoms with Crippen LogP contribution in [0.25, 0.3) is 0 Å². The van der Waals surface area contributed by atoms with Crippen molar-refractivity contribution in [1.29, 1.82) is 0 Å². The Morgan fingerprint density at radius 1 is 1.04 bits per heavy atom. The Bertz CT molecular complexity index is 809. The summed E-state index contributed by atoms with van der Waals surface area (Å²) in [5.41, 5.74) is 2.40. The van der Waals surface area contributed by atoms with E-state index in [0.29, 0.717) is 18.4 Å². The van der Waals surface area contributed by atoms with Gasteiger partial charge in [0.15, 0.2) is 0 Å². The monoisotopic (exact) mass is 352 g/mol. The molecule has 136 valence electrons. The molecule has 0 N–H and O–H groups in total. The zero-order chi connectivity index (χ0) is 18.7. The predicted molar refractivity (Wildman–Crippen MR) is 99.1 cm³/mol. The summed E-state index contributed by atoms with van der Waals surface area (Å²) in [6.45, 7) is 3.87. The van der Waals surface area contributed by atoms with Crippen molar-refractivity contribution in [2.24, 2.45) is 0 Å². The quantitative estimate of drug-likeness (QED) is 0.777. The minimum atomic E-state index is -0.944. The molecule has 2 unspecified atom stereocenters. The van der Waals surface area contributed by atoms with Crippen LogP contribution in [0.5, 0.6) is 0 Å². The van der Waals surface area contributed by atoms with Crippen LogP contribution in [0.1, 0.15) is 46.3 Å². The van der Waals surface area contributed by atoms with Crippen LogP contribution in [-0.4, -0.2) is 25.2 Å². The molecule has 0 bridgehead atoms. The van der Waals surface area contributed by atoms with Crippen molar-refractivity contribution in [3.8, 4) is 0 Å². The number of aryl methyl sites for hydroxylation is 2. The predicted octanol–water partition coefficient (Wildman–Crippen LogP) is 4.12. The van der Waals surface area contributed by atoms with E-state index in [-0.39, 0.29) is 5.97 Å². The Balaban J connectivity index is 1.96. The van der Waals surface area contributed by atoms with Crippen LogP contribution in [0, 0.1) is 13.8 Å². The van der Waals surface area contributed by atoms with Gasteiger partial charge in [-0.05, 0) is 50.3 Å². The molecule has 0 amide bonds. The van der Waals surface area contributed by atoms with E-state index in [1.54, 1.807) is 6.07 Å². The normalized spacial score (nSPS) is 22.0. The minimum absolute atomic E-state index is 0.346. The number of methoxy groups -OCH3 is 1. The van der Waals surface area contributed by atoms with Crippen LogP contribution < -0.4 is 0 Å². The highest BCUT2D eigenvalue weighted by molar-refractivity contribution is 5.92. The van der Waals surface area contributed by atoms with Gasteiger partial charge in [-0.1, -0.05) is 48.0 Å². The summed E-state index contributed by atoms with van der Waals surface area (Å²) < 4.78 is 11.0. The molecular formula is C22H24O4. The van der Waals surface area contributed by atoms with E-state index in [0.717, 1.165) is 23.1 Å². The molecular weight excluding hydrogens is 328 g/mol. The van der Waals surface area contributed by atoms with Crippen molar-refractivity contribution >= 4 is 11.9 Å². The van der Waals surface area contributed by atoms with Crippen LogP contribution >= 0.6 is 0 Å². The molecule has 2 aromatic carbocycles. The molecule has 0 heterocycles. The SMILES string of the molecule is COC(=O)C1(c2ccc(C)cc2)CCCC1OC(=O)c1ccccc1C. The van der Waals surface area contributed by atoms with E-state index in [9.17, 15) is 9.59 Å². The third-order valence-electron chi connectivity index (χ3n) is 5.32. The summed E-state index contributed by atoms with van der Waals surface area (Å²) in [5.74, 6) is -0.739. The second-order valence-electron chi connectivity index (χ2n) is 6.93. The lowest BCUT2D eigenvalue weighted by Crippen LogP contribution is -2.45. The zero-order valence-electron chi connectivity index (χ0n) is 15.5. The van der Waals surface area contributed by atoms with Gasteiger partial charge in [0.1, 0.15) is 11.5 Å². The molecule has 0 radical (unpaired) electrons. The molecule has 4 heteroatoms. The number of carbonyl (C=O) groups is 2. The lowest BCUT2D eigenvalue weighted by atomic mass is 9.76. The van der Waals surface area contributed by atoms with Crippen LogP contribution in [0.4, 0.5) is 0 Å². The van der Waals surface area contributed by atoms with Crippen molar-refractivity contribution < 1.29 is 19.1 Å². The molecule has 3 rings (SSSR count). The number of rotatable bonds is 4. The molecule has 0 spiro atoms. The summed E-state index contributed by atoms with van der Waals surface area (Å²) in [6.07, 6.45) is 1.51. The Morgan fingerprint density at radius 3 is 2.38 bits per heavy atom. The van der Waals surface area contributed by atoms with E-state index >= 15 is 0 Å². The molecule has 2 atom stereocenters. The highest BCUT2D eigenvalue weighted by atomic mass is 16.6. The fraction of sp³-hybridized carbons (Fsp3) is 0.364. The first-order valence-corrected chi connectivity index (χ1v) is 8.91. The van der Waals surface area contributed by atoms with E-state index < -0.39 is 17.5 Å². The van der Waals surface area contributed by atoms with Gasteiger partial charge in [-0.3, -0.25) is 4.79 Å². The Labute approximate surface area is 154 Å². The fourth-order valence-corrected chi connectivity index (χ4v) is 3.84. The maximum atomic E-state index is 12.8. The summed E-state index contributed by atoms with van der Waals surface area (Å²) in [5, 5.41) is 0. The first-order valence-electron chi connectivity index (χ1n) is 8.91. The topological polar surface area (TPSA) is 52.6 Å². The summed E-state index contributed by atoms with van der Waals surface area (Å²) in [4.78, 5) is 25.5. The third kappa shape index (κ3) is 3.12. The second-order valence-corrected chi connectivity index (χ2v) is 6.93. The number of hydrogen-bond acceptors (Lipinski definition) is 4. The third-order valence-corrected chi connectivity index (χ3v) is 5.32. The van der Waals surface area contributed by atoms with Crippen molar-refractivity contribution in [2.75, 3.05) is 7.11 Å². The van der Waals surface area contributed by atoms with E-state index in [2.05, 4.69) is 0 Å². The Kier molecular flexibility index (Phi) is 5.12. The van der Waals surface area contributed by atoms with Gasteiger partial charge in [0, 0.05) is 0 Å². The molecule has 2 aromatic rings. The molecule has 1 fully saturated rings. The average Bonchev–Trinajstić information content (AvgIpc) is 3.06. The lowest BCUT2D eigenvalue weighted by Gasteiger charge is -2.33. The van der Waals surface area contributed by atoms with Crippen molar-refractivity contribution in [1.82, 2.24) is 0 Å². The second kappa shape index (κ2) is 7.32. The molecule has 1 aliphatic rings. The number of carbonyl (C=O) groups excluding carboxylic acids is 2. The number of benzene rings is 2.